The largest absolute Gasteiger partial charge is 0.508 e. The Bertz CT molecular complexity index is 537. The Morgan fingerprint density at radius 3 is 2.33 bits per heavy atom. The van der Waals surface area contributed by atoms with Crippen molar-refractivity contribution in [1.29, 1.82) is 0 Å². The van der Waals surface area contributed by atoms with Crippen molar-refractivity contribution in [2.45, 2.75) is 6.10 Å². The normalized spacial score (nSPS) is 12.1. The van der Waals surface area contributed by atoms with Crippen LogP contribution in [0.2, 0.25) is 0 Å². The van der Waals surface area contributed by atoms with E-state index in [0.29, 0.717) is 16.8 Å². The van der Waals surface area contributed by atoms with Crippen LogP contribution < -0.4 is 10.5 Å². The molecule has 0 fully saturated rings. The molecule has 4 heteroatoms. The summed E-state index contributed by atoms with van der Waals surface area (Å²) < 4.78 is 5.05. The highest BCUT2D eigenvalue weighted by Crippen LogP contribution is 2.29. The van der Waals surface area contributed by atoms with Crippen molar-refractivity contribution in [1.82, 2.24) is 0 Å². The smallest absolute Gasteiger partial charge is 0.118 e. The molecular weight excluding hydrogens is 230 g/mol. The number of nitrogens with two attached hydrogens (primary N) is 1. The molecule has 0 spiro atoms. The van der Waals surface area contributed by atoms with E-state index in [9.17, 15) is 10.2 Å². The van der Waals surface area contributed by atoms with Crippen molar-refractivity contribution in [3.63, 3.8) is 0 Å². The van der Waals surface area contributed by atoms with Gasteiger partial charge in [0.05, 0.1) is 7.11 Å². The maximum Gasteiger partial charge on any atom is 0.118 e. The van der Waals surface area contributed by atoms with Crippen LogP contribution in [-0.2, 0) is 0 Å². The van der Waals surface area contributed by atoms with Crippen LogP contribution in [0.3, 0.4) is 0 Å². The molecular formula is C14H15NO3. The predicted octanol–water partition coefficient (Wildman–Crippen LogP) is 2.06. The molecule has 0 amide bonds. The summed E-state index contributed by atoms with van der Waals surface area (Å²) in [5, 5.41) is 19.5. The molecule has 1 unspecified atom stereocenters. The number of anilines is 1. The molecule has 18 heavy (non-hydrogen) atoms. The molecule has 0 aliphatic rings. The van der Waals surface area contributed by atoms with Gasteiger partial charge in [-0.2, -0.15) is 0 Å². The van der Waals surface area contributed by atoms with Gasteiger partial charge < -0.3 is 20.7 Å². The van der Waals surface area contributed by atoms with Gasteiger partial charge in [-0.3, -0.25) is 0 Å². The maximum absolute atomic E-state index is 10.2. The zero-order valence-electron chi connectivity index (χ0n) is 10.00. The molecule has 4 nitrogen and oxygen atoms in total. The lowest BCUT2D eigenvalue weighted by Gasteiger charge is -2.14. The van der Waals surface area contributed by atoms with Crippen LogP contribution >= 0.6 is 0 Å². The summed E-state index contributed by atoms with van der Waals surface area (Å²) in [6, 6.07) is 11.6. The third-order valence-electron chi connectivity index (χ3n) is 2.80. The third-order valence-corrected chi connectivity index (χ3v) is 2.80. The van der Waals surface area contributed by atoms with Gasteiger partial charge >= 0.3 is 0 Å². The predicted molar refractivity (Wildman–Crippen MR) is 69.6 cm³/mol. The second-order valence-corrected chi connectivity index (χ2v) is 3.99. The van der Waals surface area contributed by atoms with E-state index in [-0.39, 0.29) is 5.75 Å². The van der Waals surface area contributed by atoms with E-state index >= 15 is 0 Å². The molecule has 0 saturated carbocycles. The lowest BCUT2D eigenvalue weighted by Crippen LogP contribution is -2.03. The number of rotatable bonds is 3. The fraction of sp³-hybridized carbons (Fsp3) is 0.143. The summed E-state index contributed by atoms with van der Waals surface area (Å²) in [4.78, 5) is 0. The number of ether oxygens (including phenoxy) is 1. The Labute approximate surface area is 105 Å². The van der Waals surface area contributed by atoms with Crippen LogP contribution in [0.4, 0.5) is 5.69 Å². The molecule has 4 N–H and O–H groups in total. The van der Waals surface area contributed by atoms with Crippen LogP contribution in [-0.4, -0.2) is 17.3 Å². The first-order valence-corrected chi connectivity index (χ1v) is 5.52. The second kappa shape index (κ2) is 4.98. The summed E-state index contributed by atoms with van der Waals surface area (Å²) in [6.45, 7) is 0. The summed E-state index contributed by atoms with van der Waals surface area (Å²) >= 11 is 0. The van der Waals surface area contributed by atoms with Gasteiger partial charge in [0.25, 0.3) is 0 Å². The zero-order valence-corrected chi connectivity index (χ0v) is 10.00. The number of phenols is 1. The summed E-state index contributed by atoms with van der Waals surface area (Å²) in [7, 11) is 1.59. The topological polar surface area (TPSA) is 75.7 Å². The summed E-state index contributed by atoms with van der Waals surface area (Å²) in [5.41, 5.74) is 7.41. The highest BCUT2D eigenvalue weighted by Gasteiger charge is 2.13. The highest BCUT2D eigenvalue weighted by molar-refractivity contribution is 5.54. The molecule has 2 rings (SSSR count). The van der Waals surface area contributed by atoms with Gasteiger partial charge in [0.1, 0.15) is 17.6 Å². The molecule has 0 aromatic heterocycles. The van der Waals surface area contributed by atoms with Crippen LogP contribution in [0.5, 0.6) is 11.5 Å². The minimum atomic E-state index is -0.823. The van der Waals surface area contributed by atoms with E-state index in [0.717, 1.165) is 5.75 Å². The average Bonchev–Trinajstić information content (AvgIpc) is 2.38. The minimum absolute atomic E-state index is 0.0816. The molecule has 0 aliphatic carbocycles. The molecule has 0 aliphatic heterocycles. The number of nitrogen functional groups attached to an aromatic ring is 1. The van der Waals surface area contributed by atoms with Crippen molar-refractivity contribution in [3.8, 4) is 11.5 Å². The van der Waals surface area contributed by atoms with Gasteiger partial charge in [0.15, 0.2) is 0 Å². The average molecular weight is 245 g/mol. The van der Waals surface area contributed by atoms with Gasteiger partial charge in [-0.15, -0.1) is 0 Å². The maximum atomic E-state index is 10.2. The van der Waals surface area contributed by atoms with Crippen molar-refractivity contribution in [3.05, 3.63) is 53.6 Å². The number of methoxy groups -OCH3 is 1. The Morgan fingerprint density at radius 2 is 1.78 bits per heavy atom. The van der Waals surface area contributed by atoms with E-state index < -0.39 is 6.10 Å². The van der Waals surface area contributed by atoms with Crippen molar-refractivity contribution in [2.24, 2.45) is 0 Å². The highest BCUT2D eigenvalue weighted by atomic mass is 16.5. The van der Waals surface area contributed by atoms with Crippen LogP contribution in [0, 0.1) is 0 Å². The number of hydrogen-bond donors (Lipinski definition) is 3. The number of phenolic OH excluding ortho intramolecular Hbond substituents is 1. The first-order chi connectivity index (χ1) is 8.61. The van der Waals surface area contributed by atoms with Crippen molar-refractivity contribution in [2.75, 3.05) is 12.8 Å². The monoisotopic (exact) mass is 245 g/mol. The lowest BCUT2D eigenvalue weighted by atomic mass is 10.00. The van der Waals surface area contributed by atoms with Gasteiger partial charge in [-0.1, -0.05) is 18.2 Å². The van der Waals surface area contributed by atoms with Crippen LogP contribution in [0.1, 0.15) is 17.2 Å². The first-order valence-electron chi connectivity index (χ1n) is 5.52. The number of aromatic hydroxyl groups is 1. The molecule has 1 atom stereocenters. The zero-order chi connectivity index (χ0) is 13.1. The van der Waals surface area contributed by atoms with E-state index in [1.165, 1.54) is 12.1 Å². The number of hydrogen-bond acceptors (Lipinski definition) is 4. The minimum Gasteiger partial charge on any atom is -0.508 e. The lowest BCUT2D eigenvalue weighted by molar-refractivity contribution is 0.221. The van der Waals surface area contributed by atoms with Gasteiger partial charge in [0, 0.05) is 17.3 Å². The molecule has 2 aromatic carbocycles. The molecule has 2 aromatic rings. The standard InChI is InChI=1S/C14H15NO3/c1-18-11-5-2-9(3-6-11)14(17)12-7-4-10(16)8-13(12)15/h2-8,14,16-17H,15H2,1H3. The number of aliphatic hydroxyl groups excluding tert-OH is 1. The Hall–Kier alpha value is -2.20. The van der Waals surface area contributed by atoms with Crippen LogP contribution in [0.15, 0.2) is 42.5 Å². The van der Waals surface area contributed by atoms with Gasteiger partial charge in [-0.05, 0) is 23.8 Å². The Morgan fingerprint density at radius 1 is 1.11 bits per heavy atom. The number of benzene rings is 2. The molecule has 94 valence electrons. The Kier molecular flexibility index (Phi) is 3.39. The molecule has 0 saturated heterocycles. The molecule has 0 heterocycles. The summed E-state index contributed by atoms with van der Waals surface area (Å²) in [5.74, 6) is 0.808. The Balaban J connectivity index is 2.31. The van der Waals surface area contributed by atoms with Gasteiger partial charge in [-0.25, -0.2) is 0 Å². The van der Waals surface area contributed by atoms with Crippen LogP contribution in [0.25, 0.3) is 0 Å². The second-order valence-electron chi connectivity index (χ2n) is 3.99. The van der Waals surface area contributed by atoms with E-state index in [4.69, 9.17) is 10.5 Å². The molecule has 0 bridgehead atoms. The van der Waals surface area contributed by atoms with E-state index in [2.05, 4.69) is 0 Å². The summed E-state index contributed by atoms with van der Waals surface area (Å²) in [6.07, 6.45) is -0.823. The third kappa shape index (κ3) is 2.38. The van der Waals surface area contributed by atoms with Crippen molar-refractivity contribution < 1.29 is 14.9 Å². The quantitative estimate of drug-likeness (QED) is 0.723. The number of aliphatic hydroxyl groups is 1. The van der Waals surface area contributed by atoms with Gasteiger partial charge in [0.2, 0.25) is 0 Å². The van der Waals surface area contributed by atoms with E-state index in [1.807, 2.05) is 0 Å². The fourth-order valence-electron chi connectivity index (χ4n) is 1.78. The molecule has 0 radical (unpaired) electrons. The van der Waals surface area contributed by atoms with E-state index in [1.54, 1.807) is 37.4 Å². The first kappa shape index (κ1) is 12.3. The van der Waals surface area contributed by atoms with Crippen molar-refractivity contribution >= 4 is 5.69 Å². The SMILES string of the molecule is COc1ccc(C(O)c2ccc(O)cc2N)cc1. The fourth-order valence-corrected chi connectivity index (χ4v) is 1.78.